The van der Waals surface area contributed by atoms with Crippen LogP contribution >= 0.6 is 0 Å². The van der Waals surface area contributed by atoms with Crippen LogP contribution in [0, 0.1) is 17.8 Å². The molecule has 0 aliphatic rings. The maximum absolute atomic E-state index is 5.72. The zero-order valence-corrected chi connectivity index (χ0v) is 51.7. The molecule has 0 saturated carbocycles. The molecule has 78 heavy (non-hydrogen) atoms. The maximum Gasteiger partial charge on any atom is 0.119 e. The van der Waals surface area contributed by atoms with Gasteiger partial charge in [-0.1, -0.05) is 330 Å². The fraction of sp³-hybridized carbons (Fsp3) is 0.377. The molecule has 8 aromatic rings. The minimum atomic E-state index is 0.207. The van der Waals surface area contributed by atoms with Crippen molar-refractivity contribution in [1.82, 2.24) is 0 Å². The summed E-state index contributed by atoms with van der Waals surface area (Å²) in [5.74, 6) is 2.16. The Balaban J connectivity index is 0.000000212. The molecule has 414 valence electrons. The second kappa shape index (κ2) is 30.1. The topological polar surface area (TPSA) is 9.23 Å². The lowest BCUT2D eigenvalue weighted by Crippen LogP contribution is -2.15. The molecule has 0 fully saturated rings. The summed E-state index contributed by atoms with van der Waals surface area (Å²) in [5, 5.41) is 0. The van der Waals surface area contributed by atoms with Crippen LogP contribution in [0.4, 0.5) is 0 Å². The zero-order chi connectivity index (χ0) is 57.6. The van der Waals surface area contributed by atoms with Gasteiger partial charge in [-0.05, 0) is 133 Å². The fourth-order valence-electron chi connectivity index (χ4n) is 8.44. The van der Waals surface area contributed by atoms with Crippen LogP contribution in [-0.2, 0) is 42.1 Å². The average molecular weight is 1040 g/mol. The highest BCUT2D eigenvalue weighted by atomic mass is 16.5. The molecular weight excluding hydrogens is 941 g/mol. The largest absolute Gasteiger partial charge is 0.489 e. The molecule has 0 heterocycles. The first-order valence-corrected chi connectivity index (χ1v) is 28.7. The smallest absolute Gasteiger partial charge is 0.119 e. The number of para-hydroxylation sites is 1. The molecule has 0 aliphatic heterocycles. The van der Waals surface area contributed by atoms with Gasteiger partial charge >= 0.3 is 0 Å². The summed E-state index contributed by atoms with van der Waals surface area (Å²) >= 11 is 0. The molecular formula is C77H100O. The molecule has 0 amide bonds. The summed E-state index contributed by atoms with van der Waals surface area (Å²) in [6.07, 6.45) is 3.26. The number of rotatable bonds is 10. The summed E-state index contributed by atoms with van der Waals surface area (Å²) in [6, 6.07) is 77.5. The third kappa shape index (κ3) is 23.7. The summed E-state index contributed by atoms with van der Waals surface area (Å²) in [4.78, 5) is 0. The number of hydrogen-bond donors (Lipinski definition) is 0. The third-order valence-electron chi connectivity index (χ3n) is 14.9. The molecule has 8 aromatic carbocycles. The highest BCUT2D eigenvalue weighted by Crippen LogP contribution is 2.35. The molecule has 0 bridgehead atoms. The van der Waals surface area contributed by atoms with Gasteiger partial charge in [0, 0.05) is 0 Å². The van der Waals surface area contributed by atoms with E-state index >= 15 is 0 Å². The Kier molecular flexibility index (Phi) is 24.7. The Morgan fingerprint density at radius 1 is 0.308 bits per heavy atom. The van der Waals surface area contributed by atoms with Gasteiger partial charge in [-0.3, -0.25) is 0 Å². The third-order valence-corrected chi connectivity index (χ3v) is 14.9. The van der Waals surface area contributed by atoms with Crippen LogP contribution in [0.5, 0.6) is 5.75 Å². The minimum Gasteiger partial charge on any atom is -0.489 e. The second-order valence-corrected chi connectivity index (χ2v) is 26.6. The van der Waals surface area contributed by atoms with E-state index in [0.29, 0.717) is 29.3 Å². The summed E-state index contributed by atoms with van der Waals surface area (Å²) in [5.41, 5.74) is 16.6. The number of ether oxygens (including phenoxy) is 1. The van der Waals surface area contributed by atoms with Crippen molar-refractivity contribution in [1.29, 1.82) is 0 Å². The van der Waals surface area contributed by atoms with Gasteiger partial charge in [-0.15, -0.1) is 0 Å². The standard InChI is InChI=1S/C18H22.C17H20O.C17H20.C13H20.C12H18/c1-18(2,3)17-13-11-16(12-14-17)10-9-15-7-5-4-6-8-15;1-17(2,3)15-11-9-14(10-12-15)13-18-16-7-5-4-6-8-16;1-17(2,3)16-11-9-15(10-12-16)13-14-7-5-4-6-8-14;1-10-6-8-12(9-7-10)11(2)13(3,4)5;1-10(12(2,3)4)11-8-6-5-7-9-11/h4-8,11-14H,9-10H2,1-3H3;4-12H,13H2,1-3H3;4-12H,13H2,1-3H3;6-9,11H,1-5H3;5-10H,1-4H3. The van der Waals surface area contributed by atoms with Crippen molar-refractivity contribution in [2.45, 2.75) is 179 Å². The normalized spacial score (nSPS) is 12.3. The number of aryl methyl sites for hydroxylation is 3. The van der Waals surface area contributed by atoms with Crippen LogP contribution in [-0.4, -0.2) is 0 Å². The molecule has 0 radical (unpaired) electrons. The van der Waals surface area contributed by atoms with Crippen molar-refractivity contribution in [3.8, 4) is 5.75 Å². The van der Waals surface area contributed by atoms with E-state index in [1.54, 1.807) is 0 Å². The molecule has 2 atom stereocenters. The van der Waals surface area contributed by atoms with E-state index in [2.05, 4.69) is 313 Å². The van der Waals surface area contributed by atoms with E-state index in [-0.39, 0.29) is 16.2 Å². The predicted molar refractivity (Wildman–Crippen MR) is 343 cm³/mol. The van der Waals surface area contributed by atoms with E-state index in [1.165, 1.54) is 61.2 Å². The minimum absolute atomic E-state index is 0.207. The molecule has 0 N–H and O–H groups in total. The highest BCUT2D eigenvalue weighted by molar-refractivity contribution is 5.33. The molecule has 1 heteroatoms. The van der Waals surface area contributed by atoms with E-state index in [4.69, 9.17) is 4.74 Å². The van der Waals surface area contributed by atoms with Crippen molar-refractivity contribution >= 4 is 0 Å². The monoisotopic (exact) mass is 1040 g/mol. The second-order valence-electron chi connectivity index (χ2n) is 26.6. The maximum atomic E-state index is 5.72. The van der Waals surface area contributed by atoms with Crippen LogP contribution in [0.15, 0.2) is 218 Å². The van der Waals surface area contributed by atoms with E-state index in [0.717, 1.165) is 25.0 Å². The Labute approximate surface area is 477 Å². The van der Waals surface area contributed by atoms with Crippen LogP contribution in [0.2, 0.25) is 0 Å². The first-order valence-electron chi connectivity index (χ1n) is 28.7. The molecule has 0 aliphatic carbocycles. The van der Waals surface area contributed by atoms with Gasteiger partial charge in [0.1, 0.15) is 12.4 Å². The average Bonchev–Trinajstić information content (AvgIpc) is 3.41. The van der Waals surface area contributed by atoms with Gasteiger partial charge in [-0.2, -0.15) is 0 Å². The summed E-state index contributed by atoms with van der Waals surface area (Å²) < 4.78 is 5.72. The molecule has 2 unspecified atom stereocenters. The Bertz CT molecular complexity index is 2730. The van der Waals surface area contributed by atoms with Crippen molar-refractivity contribution < 1.29 is 4.74 Å². The summed E-state index contributed by atoms with van der Waals surface area (Å²) in [6.45, 7) is 41.2. The van der Waals surface area contributed by atoms with Gasteiger partial charge in [0.2, 0.25) is 0 Å². The lowest BCUT2D eigenvalue weighted by molar-refractivity contribution is 0.306. The quantitative estimate of drug-likeness (QED) is 0.133. The van der Waals surface area contributed by atoms with Gasteiger partial charge in [0.25, 0.3) is 0 Å². The zero-order valence-electron chi connectivity index (χ0n) is 51.7. The fourth-order valence-corrected chi connectivity index (χ4v) is 8.44. The Morgan fingerprint density at radius 2 is 0.603 bits per heavy atom. The van der Waals surface area contributed by atoms with Crippen LogP contribution in [0.1, 0.15) is 191 Å². The molecule has 0 saturated heterocycles. The Morgan fingerprint density at radius 3 is 0.974 bits per heavy atom. The molecule has 0 spiro atoms. The van der Waals surface area contributed by atoms with Crippen LogP contribution in [0.3, 0.4) is 0 Å². The van der Waals surface area contributed by atoms with Crippen LogP contribution in [0.25, 0.3) is 0 Å². The molecule has 1 nitrogen and oxygen atoms in total. The van der Waals surface area contributed by atoms with Gasteiger partial charge in [0.15, 0.2) is 0 Å². The van der Waals surface area contributed by atoms with Crippen molar-refractivity contribution in [3.05, 3.63) is 280 Å². The summed E-state index contributed by atoms with van der Waals surface area (Å²) in [7, 11) is 0. The number of benzene rings is 8. The molecule has 8 rings (SSSR count). The lowest BCUT2D eigenvalue weighted by atomic mass is 9.78. The van der Waals surface area contributed by atoms with Gasteiger partial charge < -0.3 is 4.74 Å². The highest BCUT2D eigenvalue weighted by Gasteiger charge is 2.22. The lowest BCUT2D eigenvalue weighted by Gasteiger charge is -2.27. The SMILES string of the molecule is CC(C)(C)c1ccc(CCc2ccccc2)cc1.CC(C)(C)c1ccc(COc2ccccc2)cc1.CC(C)(C)c1ccc(Cc2ccccc2)cc1.CC(c1ccccc1)C(C)(C)C.Cc1ccc(C(C)C(C)(C)C)cc1. The predicted octanol–water partition coefficient (Wildman–Crippen LogP) is 21.9. The van der Waals surface area contributed by atoms with Gasteiger partial charge in [0.05, 0.1) is 0 Å². The van der Waals surface area contributed by atoms with E-state index in [1.807, 2.05) is 30.3 Å². The molecule has 0 aromatic heterocycles. The van der Waals surface area contributed by atoms with E-state index in [9.17, 15) is 0 Å². The van der Waals surface area contributed by atoms with E-state index < -0.39 is 0 Å². The number of hydrogen-bond acceptors (Lipinski definition) is 1. The van der Waals surface area contributed by atoms with Gasteiger partial charge in [-0.25, -0.2) is 0 Å². The van der Waals surface area contributed by atoms with Crippen molar-refractivity contribution in [2.24, 2.45) is 10.8 Å². The van der Waals surface area contributed by atoms with Crippen molar-refractivity contribution in [2.75, 3.05) is 0 Å². The van der Waals surface area contributed by atoms with Crippen molar-refractivity contribution in [3.63, 3.8) is 0 Å². The van der Waals surface area contributed by atoms with Crippen LogP contribution < -0.4 is 4.74 Å². The Hall–Kier alpha value is -6.44. The first-order chi connectivity index (χ1) is 36.6. The first kappa shape index (κ1) is 64.1.